The number of carbonyl (C=O) groups excluding carboxylic acids is 2. The first-order valence-electron chi connectivity index (χ1n) is 10.6. The van der Waals surface area contributed by atoms with Gasteiger partial charge in [0.1, 0.15) is 5.82 Å². The summed E-state index contributed by atoms with van der Waals surface area (Å²) < 4.78 is 1.74. The van der Waals surface area contributed by atoms with Crippen LogP contribution in [0.5, 0.6) is 0 Å². The van der Waals surface area contributed by atoms with E-state index in [2.05, 4.69) is 29.5 Å². The van der Waals surface area contributed by atoms with Crippen LogP contribution in [-0.4, -0.2) is 21.5 Å². The third-order valence-corrected chi connectivity index (χ3v) is 6.04. The van der Waals surface area contributed by atoms with Gasteiger partial charge in [0.25, 0.3) is 0 Å². The Balaban J connectivity index is 1.58. The van der Waals surface area contributed by atoms with Crippen LogP contribution in [0.15, 0.2) is 66.7 Å². The lowest BCUT2D eigenvalue weighted by Gasteiger charge is -2.23. The molecule has 1 amide bonds. The molecule has 2 heterocycles. The first-order valence-corrected chi connectivity index (χ1v) is 10.6. The molecule has 1 N–H and O–H groups in total. The van der Waals surface area contributed by atoms with Gasteiger partial charge in [0.2, 0.25) is 5.91 Å². The van der Waals surface area contributed by atoms with Gasteiger partial charge in [-0.05, 0) is 47.9 Å². The Labute approximate surface area is 180 Å². The van der Waals surface area contributed by atoms with Crippen LogP contribution in [-0.2, 0) is 11.2 Å². The van der Waals surface area contributed by atoms with E-state index in [-0.39, 0.29) is 18.1 Å². The van der Waals surface area contributed by atoms with Gasteiger partial charge in [0, 0.05) is 17.5 Å². The molecule has 31 heavy (non-hydrogen) atoms. The summed E-state index contributed by atoms with van der Waals surface area (Å²) in [6.45, 7) is 4.01. The maximum atomic E-state index is 13.5. The van der Waals surface area contributed by atoms with Crippen LogP contribution in [0.25, 0.3) is 16.5 Å². The molecule has 0 aliphatic carbocycles. The summed E-state index contributed by atoms with van der Waals surface area (Å²) in [5.74, 6) is -0.172. The quantitative estimate of drug-likeness (QED) is 0.471. The van der Waals surface area contributed by atoms with Crippen LogP contribution in [0.3, 0.4) is 0 Å². The number of Topliss-reactive ketones (excluding diaryl/α,β-unsaturated/α-hetero) is 1. The largest absolute Gasteiger partial charge is 0.310 e. The standard InChI is InChI=1S/C26H23N3O2/c1-3-17-8-12-21(13-9-17)29-26-24(16(2)28-29)22(15-23(30)27-26)25(31)20-11-10-18-6-4-5-7-19(18)14-20/h4-14,22H,3,15H2,1-2H3,(H,27,30)/t22-/m0/s1. The Kier molecular flexibility index (Phi) is 4.66. The highest BCUT2D eigenvalue weighted by Gasteiger charge is 2.36. The molecule has 154 valence electrons. The van der Waals surface area contributed by atoms with Crippen molar-refractivity contribution in [3.63, 3.8) is 0 Å². The number of fused-ring (bicyclic) bond motifs is 2. The third kappa shape index (κ3) is 3.32. The minimum absolute atomic E-state index is 0.0502. The fourth-order valence-electron chi connectivity index (χ4n) is 4.37. The fourth-order valence-corrected chi connectivity index (χ4v) is 4.37. The third-order valence-electron chi connectivity index (χ3n) is 6.04. The second kappa shape index (κ2) is 7.51. The van der Waals surface area contributed by atoms with Crippen molar-refractivity contribution in [2.45, 2.75) is 32.6 Å². The number of benzene rings is 3. The molecule has 5 nitrogen and oxygen atoms in total. The molecule has 5 heteroatoms. The predicted molar refractivity (Wildman–Crippen MR) is 122 cm³/mol. The Bertz CT molecular complexity index is 1320. The van der Waals surface area contributed by atoms with E-state index in [0.29, 0.717) is 11.4 Å². The van der Waals surface area contributed by atoms with E-state index < -0.39 is 5.92 Å². The van der Waals surface area contributed by atoms with Crippen LogP contribution in [0, 0.1) is 6.92 Å². The first-order chi connectivity index (χ1) is 15.0. The maximum absolute atomic E-state index is 13.5. The van der Waals surface area contributed by atoms with Crippen LogP contribution < -0.4 is 5.32 Å². The molecule has 0 saturated heterocycles. The summed E-state index contributed by atoms with van der Waals surface area (Å²) in [4.78, 5) is 26.1. The van der Waals surface area contributed by atoms with Crippen LogP contribution in [0.2, 0.25) is 0 Å². The molecule has 4 aromatic rings. The van der Waals surface area contributed by atoms with E-state index in [1.165, 1.54) is 5.56 Å². The number of aryl methyl sites for hydroxylation is 2. The molecule has 0 fully saturated rings. The molecule has 1 aliphatic heterocycles. The highest BCUT2D eigenvalue weighted by molar-refractivity contribution is 6.09. The van der Waals surface area contributed by atoms with Gasteiger partial charge in [-0.1, -0.05) is 55.5 Å². The molecular weight excluding hydrogens is 386 g/mol. The zero-order valence-corrected chi connectivity index (χ0v) is 17.6. The average molecular weight is 409 g/mol. The molecule has 0 bridgehead atoms. The smallest absolute Gasteiger partial charge is 0.226 e. The van der Waals surface area contributed by atoms with Gasteiger partial charge in [0.15, 0.2) is 5.78 Å². The zero-order chi connectivity index (χ0) is 21.5. The number of aromatic nitrogens is 2. The molecule has 1 aliphatic rings. The van der Waals surface area contributed by atoms with E-state index in [9.17, 15) is 9.59 Å². The van der Waals surface area contributed by atoms with Crippen LogP contribution >= 0.6 is 0 Å². The number of amides is 1. The maximum Gasteiger partial charge on any atom is 0.226 e. The molecule has 0 saturated carbocycles. The minimum Gasteiger partial charge on any atom is -0.310 e. The highest BCUT2D eigenvalue weighted by Crippen LogP contribution is 2.38. The molecule has 0 unspecified atom stereocenters. The first kappa shape index (κ1) is 19.2. The number of hydrogen-bond acceptors (Lipinski definition) is 3. The number of nitrogens with zero attached hydrogens (tertiary/aromatic N) is 2. The molecule has 5 rings (SSSR count). The number of nitrogens with one attached hydrogen (secondary N) is 1. The van der Waals surface area contributed by atoms with Gasteiger partial charge in [-0.2, -0.15) is 5.10 Å². The normalized spacial score (nSPS) is 15.5. The second-order valence-corrected chi connectivity index (χ2v) is 8.01. The Morgan fingerprint density at radius 3 is 2.55 bits per heavy atom. The van der Waals surface area contributed by atoms with E-state index in [1.54, 1.807) is 4.68 Å². The van der Waals surface area contributed by atoms with Gasteiger partial charge in [-0.15, -0.1) is 0 Å². The Hall–Kier alpha value is -3.73. The van der Waals surface area contributed by atoms with Crippen molar-refractivity contribution in [3.8, 4) is 5.69 Å². The second-order valence-electron chi connectivity index (χ2n) is 8.01. The van der Waals surface area contributed by atoms with Crippen molar-refractivity contribution in [2.24, 2.45) is 0 Å². The lowest BCUT2D eigenvalue weighted by molar-refractivity contribution is -0.116. The summed E-state index contributed by atoms with van der Waals surface area (Å²) in [5.41, 5.74) is 4.27. The molecule has 0 radical (unpaired) electrons. The summed E-state index contributed by atoms with van der Waals surface area (Å²) in [5, 5.41) is 9.73. The topological polar surface area (TPSA) is 64.0 Å². The number of carbonyl (C=O) groups is 2. The van der Waals surface area contributed by atoms with E-state index in [4.69, 9.17) is 0 Å². The SMILES string of the molecule is CCc1ccc(-n2nc(C)c3c2NC(=O)C[C@@H]3C(=O)c2ccc3ccccc3c2)cc1. The van der Waals surface area contributed by atoms with Crippen molar-refractivity contribution >= 4 is 28.3 Å². The minimum atomic E-state index is -0.548. The zero-order valence-electron chi connectivity index (χ0n) is 17.6. The van der Waals surface area contributed by atoms with Crippen LogP contribution in [0.4, 0.5) is 5.82 Å². The monoisotopic (exact) mass is 409 g/mol. The van der Waals surface area contributed by atoms with Gasteiger partial charge in [-0.3, -0.25) is 9.59 Å². The number of anilines is 1. The predicted octanol–water partition coefficient (Wildman–Crippen LogP) is 5.21. The van der Waals surface area contributed by atoms with Gasteiger partial charge in [0.05, 0.1) is 17.3 Å². The summed E-state index contributed by atoms with van der Waals surface area (Å²) in [6.07, 6.45) is 1.08. The summed E-state index contributed by atoms with van der Waals surface area (Å²) in [7, 11) is 0. The van der Waals surface area contributed by atoms with Crippen molar-refractivity contribution in [3.05, 3.63) is 89.1 Å². The van der Waals surface area contributed by atoms with Crippen molar-refractivity contribution < 1.29 is 9.59 Å². The summed E-state index contributed by atoms with van der Waals surface area (Å²) in [6, 6.07) is 21.8. The number of rotatable bonds is 4. The molecule has 1 aromatic heterocycles. The molecular formula is C26H23N3O2. The lowest BCUT2D eigenvalue weighted by atomic mass is 9.85. The van der Waals surface area contributed by atoms with Crippen molar-refractivity contribution in [1.82, 2.24) is 9.78 Å². The van der Waals surface area contributed by atoms with Gasteiger partial charge in [-0.25, -0.2) is 4.68 Å². The lowest BCUT2D eigenvalue weighted by Crippen LogP contribution is -2.28. The highest BCUT2D eigenvalue weighted by atomic mass is 16.2. The van der Waals surface area contributed by atoms with E-state index in [1.807, 2.05) is 61.5 Å². The van der Waals surface area contributed by atoms with Crippen molar-refractivity contribution in [2.75, 3.05) is 5.32 Å². The van der Waals surface area contributed by atoms with Crippen LogP contribution in [0.1, 0.15) is 46.4 Å². The Morgan fingerprint density at radius 2 is 1.81 bits per heavy atom. The number of ketones is 1. The number of hydrogen-bond donors (Lipinski definition) is 1. The van der Waals surface area contributed by atoms with Gasteiger partial charge >= 0.3 is 0 Å². The van der Waals surface area contributed by atoms with E-state index >= 15 is 0 Å². The fraction of sp³-hybridized carbons (Fsp3) is 0.192. The summed E-state index contributed by atoms with van der Waals surface area (Å²) >= 11 is 0. The van der Waals surface area contributed by atoms with E-state index in [0.717, 1.165) is 34.1 Å². The molecule has 3 aromatic carbocycles. The average Bonchev–Trinajstić information content (AvgIpc) is 3.13. The van der Waals surface area contributed by atoms with Crippen molar-refractivity contribution in [1.29, 1.82) is 0 Å². The van der Waals surface area contributed by atoms with Gasteiger partial charge < -0.3 is 5.32 Å². The Morgan fingerprint density at radius 1 is 1.06 bits per heavy atom. The molecule has 0 spiro atoms. The molecule has 1 atom stereocenters.